The number of unbranched alkanes of at least 4 members (excludes halogenated alkanes) is 3. The molecule has 3 N–H and O–H groups in total. The van der Waals surface area contributed by atoms with Crippen LogP contribution in [0.25, 0.3) is 0 Å². The van der Waals surface area contributed by atoms with E-state index >= 15 is 0 Å². The highest BCUT2D eigenvalue weighted by Crippen LogP contribution is 2.04. The number of aliphatic hydroxyl groups is 2. The number of carboxylic acids is 1. The molecule has 0 bridgehead atoms. The van der Waals surface area contributed by atoms with Crippen LogP contribution in [0.5, 0.6) is 0 Å². The predicted molar refractivity (Wildman–Crippen MR) is 98.8 cm³/mol. The van der Waals surface area contributed by atoms with Gasteiger partial charge in [-0.1, -0.05) is 74.8 Å². The summed E-state index contributed by atoms with van der Waals surface area (Å²) >= 11 is 0. The molecule has 0 radical (unpaired) electrons. The molecule has 24 heavy (non-hydrogen) atoms. The fourth-order valence-corrected chi connectivity index (χ4v) is 2.02. The normalized spacial score (nSPS) is 15.1. The minimum atomic E-state index is -0.777. The Hall–Kier alpha value is -1.65. The summed E-state index contributed by atoms with van der Waals surface area (Å²) in [6.45, 7) is 2.14. The van der Waals surface area contributed by atoms with Crippen LogP contribution >= 0.6 is 0 Å². The summed E-state index contributed by atoms with van der Waals surface area (Å²) in [5.74, 6) is -0.777. The molecule has 0 aromatic heterocycles. The van der Waals surface area contributed by atoms with Crippen molar-refractivity contribution in [2.75, 3.05) is 0 Å². The lowest BCUT2D eigenvalue weighted by Crippen LogP contribution is -2.00. The van der Waals surface area contributed by atoms with E-state index in [4.69, 9.17) is 5.11 Å². The van der Waals surface area contributed by atoms with Crippen LogP contribution < -0.4 is 0 Å². The average Bonchev–Trinajstić information content (AvgIpc) is 2.54. The average molecular weight is 336 g/mol. The van der Waals surface area contributed by atoms with Crippen molar-refractivity contribution in [2.45, 2.75) is 70.5 Å². The van der Waals surface area contributed by atoms with Gasteiger partial charge >= 0.3 is 5.97 Å². The van der Waals surface area contributed by atoms with Crippen molar-refractivity contribution < 1.29 is 20.1 Å². The summed E-state index contributed by atoms with van der Waals surface area (Å²) in [6.07, 6.45) is 19.7. The molecular formula is C20H32O4. The standard InChI is InChI=1S/C20H32O4/c1-2-3-8-13-18(21)14-9-4-5-10-15-19(22)16-11-6-7-12-17-20(23)24/h4-6,9-11,14-15,18-19,21-22H,2-3,7-8,12-13,16-17H2,1H3,(H,23,24)/b5-4+,11-6-,14-9+,15-10+/t18-,19-/m0/s1. The van der Waals surface area contributed by atoms with E-state index in [1.807, 2.05) is 30.4 Å². The molecule has 136 valence electrons. The second kappa shape index (κ2) is 16.2. The van der Waals surface area contributed by atoms with E-state index in [2.05, 4.69) is 6.92 Å². The Kier molecular flexibility index (Phi) is 15.1. The van der Waals surface area contributed by atoms with Crippen molar-refractivity contribution in [1.82, 2.24) is 0 Å². The fraction of sp³-hybridized carbons (Fsp3) is 0.550. The van der Waals surface area contributed by atoms with Crippen LogP contribution in [0.1, 0.15) is 58.3 Å². The van der Waals surface area contributed by atoms with Gasteiger partial charge in [0.1, 0.15) is 0 Å². The zero-order chi connectivity index (χ0) is 18.0. The van der Waals surface area contributed by atoms with Gasteiger partial charge < -0.3 is 15.3 Å². The SMILES string of the molecule is CCCCC[C@H](O)/C=C/C=C/C=C/[C@H](O)C/C=C\CCCC(=O)O. The molecule has 0 aromatic carbocycles. The fourth-order valence-electron chi connectivity index (χ4n) is 2.02. The molecule has 0 aliphatic heterocycles. The Labute approximate surface area is 145 Å². The van der Waals surface area contributed by atoms with E-state index in [9.17, 15) is 15.0 Å². The second-order valence-corrected chi connectivity index (χ2v) is 5.78. The van der Waals surface area contributed by atoms with Crippen molar-refractivity contribution in [2.24, 2.45) is 0 Å². The first kappa shape index (κ1) is 22.4. The summed E-state index contributed by atoms with van der Waals surface area (Å²) in [5, 5.41) is 27.9. The van der Waals surface area contributed by atoms with Crippen LogP contribution in [0.4, 0.5) is 0 Å². The highest BCUT2D eigenvalue weighted by Gasteiger charge is 1.97. The van der Waals surface area contributed by atoms with E-state index in [0.29, 0.717) is 19.3 Å². The van der Waals surface area contributed by atoms with Gasteiger partial charge in [0.2, 0.25) is 0 Å². The van der Waals surface area contributed by atoms with Gasteiger partial charge in [-0.05, 0) is 25.7 Å². The number of carboxylic acid groups (broad SMARTS) is 1. The molecule has 0 amide bonds. The van der Waals surface area contributed by atoms with Gasteiger partial charge in [0, 0.05) is 6.42 Å². The van der Waals surface area contributed by atoms with Crippen molar-refractivity contribution in [3.05, 3.63) is 48.6 Å². The van der Waals surface area contributed by atoms with Crippen LogP contribution in [-0.4, -0.2) is 33.5 Å². The van der Waals surface area contributed by atoms with Gasteiger partial charge in [-0.2, -0.15) is 0 Å². The number of rotatable bonds is 14. The number of aliphatic carboxylic acids is 1. The van der Waals surface area contributed by atoms with Crippen LogP contribution in [0.2, 0.25) is 0 Å². The lowest BCUT2D eigenvalue weighted by molar-refractivity contribution is -0.137. The molecule has 0 saturated heterocycles. The number of aliphatic hydroxyl groups excluding tert-OH is 2. The monoisotopic (exact) mass is 336 g/mol. The Bertz CT molecular complexity index is 421. The van der Waals surface area contributed by atoms with E-state index in [1.165, 1.54) is 0 Å². The first-order chi connectivity index (χ1) is 11.6. The number of hydrogen-bond acceptors (Lipinski definition) is 3. The lowest BCUT2D eigenvalue weighted by atomic mass is 10.1. The van der Waals surface area contributed by atoms with E-state index in [-0.39, 0.29) is 12.5 Å². The quantitative estimate of drug-likeness (QED) is 0.253. The Morgan fingerprint density at radius 3 is 2.21 bits per heavy atom. The molecule has 0 spiro atoms. The molecule has 0 aromatic rings. The number of hydrogen-bond donors (Lipinski definition) is 3. The zero-order valence-corrected chi connectivity index (χ0v) is 14.7. The van der Waals surface area contributed by atoms with Gasteiger partial charge in [0.15, 0.2) is 0 Å². The maximum absolute atomic E-state index is 10.3. The highest BCUT2D eigenvalue weighted by molar-refractivity contribution is 5.66. The topological polar surface area (TPSA) is 77.8 Å². The molecule has 2 atom stereocenters. The van der Waals surface area contributed by atoms with Crippen LogP contribution in [0.15, 0.2) is 48.6 Å². The van der Waals surface area contributed by atoms with Crippen molar-refractivity contribution in [1.29, 1.82) is 0 Å². The molecule has 0 rings (SSSR count). The summed E-state index contributed by atoms with van der Waals surface area (Å²) in [6, 6.07) is 0. The largest absolute Gasteiger partial charge is 0.481 e. The Morgan fingerprint density at radius 1 is 0.917 bits per heavy atom. The number of carbonyl (C=O) groups is 1. The van der Waals surface area contributed by atoms with Gasteiger partial charge in [0.05, 0.1) is 12.2 Å². The van der Waals surface area contributed by atoms with Gasteiger partial charge in [0.25, 0.3) is 0 Å². The maximum atomic E-state index is 10.3. The minimum absolute atomic E-state index is 0.179. The first-order valence-corrected chi connectivity index (χ1v) is 8.80. The zero-order valence-electron chi connectivity index (χ0n) is 14.7. The van der Waals surface area contributed by atoms with Gasteiger partial charge in [-0.25, -0.2) is 0 Å². The lowest BCUT2D eigenvalue weighted by Gasteiger charge is -2.02. The van der Waals surface area contributed by atoms with E-state index in [1.54, 1.807) is 18.2 Å². The van der Waals surface area contributed by atoms with E-state index < -0.39 is 12.1 Å². The summed E-state index contributed by atoms with van der Waals surface area (Å²) in [4.78, 5) is 10.3. The molecule has 0 heterocycles. The molecule has 4 heteroatoms. The summed E-state index contributed by atoms with van der Waals surface area (Å²) < 4.78 is 0. The maximum Gasteiger partial charge on any atom is 0.303 e. The Balaban J connectivity index is 3.80. The van der Waals surface area contributed by atoms with Gasteiger partial charge in [-0.15, -0.1) is 0 Å². The molecule has 4 nitrogen and oxygen atoms in total. The third kappa shape index (κ3) is 16.7. The van der Waals surface area contributed by atoms with Crippen LogP contribution in [-0.2, 0) is 4.79 Å². The molecule has 0 aliphatic rings. The van der Waals surface area contributed by atoms with Crippen LogP contribution in [0.3, 0.4) is 0 Å². The summed E-state index contributed by atoms with van der Waals surface area (Å²) in [7, 11) is 0. The van der Waals surface area contributed by atoms with Crippen molar-refractivity contribution >= 4 is 5.97 Å². The molecule has 0 aliphatic carbocycles. The van der Waals surface area contributed by atoms with Crippen LogP contribution in [0, 0.1) is 0 Å². The minimum Gasteiger partial charge on any atom is -0.481 e. The first-order valence-electron chi connectivity index (χ1n) is 8.80. The highest BCUT2D eigenvalue weighted by atomic mass is 16.4. The molecule has 0 unspecified atom stereocenters. The smallest absolute Gasteiger partial charge is 0.303 e. The van der Waals surface area contributed by atoms with Crippen molar-refractivity contribution in [3.8, 4) is 0 Å². The van der Waals surface area contributed by atoms with E-state index in [0.717, 1.165) is 25.7 Å². The predicted octanol–water partition coefficient (Wildman–Crippen LogP) is 4.16. The van der Waals surface area contributed by atoms with Gasteiger partial charge in [-0.3, -0.25) is 4.79 Å². The Morgan fingerprint density at radius 2 is 1.58 bits per heavy atom. The third-order valence-electron chi connectivity index (χ3n) is 3.41. The summed E-state index contributed by atoms with van der Waals surface area (Å²) in [5.41, 5.74) is 0. The number of allylic oxidation sites excluding steroid dienone is 5. The molecule has 0 saturated carbocycles. The third-order valence-corrected chi connectivity index (χ3v) is 3.41. The second-order valence-electron chi connectivity index (χ2n) is 5.78. The van der Waals surface area contributed by atoms with Crippen molar-refractivity contribution in [3.63, 3.8) is 0 Å². The molecular weight excluding hydrogens is 304 g/mol. The molecule has 0 fully saturated rings.